The first-order valence-electron chi connectivity index (χ1n) is 8.38. The summed E-state index contributed by atoms with van der Waals surface area (Å²) in [5, 5.41) is 0.556. The summed E-state index contributed by atoms with van der Waals surface area (Å²) < 4.78 is 17.1. The molecule has 0 bridgehead atoms. The molecule has 28 heavy (non-hydrogen) atoms. The number of thioether (sulfide) groups is 1. The number of halogens is 1. The SMILES string of the molecule is COc1ccc(OCCOc2ccc(Cl)cc2C=C2SC(=S)N(C)C2=O)cc1. The number of benzene rings is 2. The minimum Gasteiger partial charge on any atom is -0.497 e. The number of ether oxygens (including phenoxy) is 3. The zero-order chi connectivity index (χ0) is 20.1. The lowest BCUT2D eigenvalue weighted by Crippen LogP contribution is -2.22. The average molecular weight is 436 g/mol. The number of amides is 1. The lowest BCUT2D eigenvalue weighted by molar-refractivity contribution is -0.121. The van der Waals surface area contributed by atoms with Crippen molar-refractivity contribution in [1.29, 1.82) is 0 Å². The summed E-state index contributed by atoms with van der Waals surface area (Å²) in [5.41, 5.74) is 0.714. The van der Waals surface area contributed by atoms with Crippen LogP contribution in [0, 0.1) is 0 Å². The second kappa shape index (κ2) is 9.32. The predicted octanol–water partition coefficient (Wildman–Crippen LogP) is 4.64. The molecule has 0 aliphatic carbocycles. The monoisotopic (exact) mass is 435 g/mol. The first kappa shape index (κ1) is 20.5. The van der Waals surface area contributed by atoms with E-state index in [1.807, 2.05) is 24.3 Å². The Morgan fingerprint density at radius 1 is 1.11 bits per heavy atom. The van der Waals surface area contributed by atoms with E-state index in [9.17, 15) is 4.79 Å². The van der Waals surface area contributed by atoms with E-state index in [2.05, 4.69) is 0 Å². The van der Waals surface area contributed by atoms with E-state index in [4.69, 9.17) is 38.0 Å². The molecular formula is C20H18ClNO4S2. The molecule has 1 fully saturated rings. The van der Waals surface area contributed by atoms with E-state index in [0.29, 0.717) is 38.8 Å². The molecule has 0 N–H and O–H groups in total. The number of carbonyl (C=O) groups is 1. The van der Waals surface area contributed by atoms with Gasteiger partial charge >= 0.3 is 0 Å². The van der Waals surface area contributed by atoms with Crippen LogP contribution < -0.4 is 14.2 Å². The summed E-state index contributed by atoms with van der Waals surface area (Å²) in [5.74, 6) is 1.98. The minimum absolute atomic E-state index is 0.135. The Hall–Kier alpha value is -2.22. The number of thiocarbonyl (C=S) groups is 1. The predicted molar refractivity (Wildman–Crippen MR) is 116 cm³/mol. The molecule has 1 aliphatic heterocycles. The molecule has 1 aliphatic rings. The summed E-state index contributed by atoms with van der Waals surface area (Å²) in [6.07, 6.45) is 1.74. The van der Waals surface area contributed by atoms with Gasteiger partial charge in [-0.1, -0.05) is 35.6 Å². The van der Waals surface area contributed by atoms with Gasteiger partial charge < -0.3 is 14.2 Å². The van der Waals surface area contributed by atoms with Gasteiger partial charge in [0, 0.05) is 17.6 Å². The highest BCUT2D eigenvalue weighted by Gasteiger charge is 2.29. The molecule has 0 radical (unpaired) electrons. The van der Waals surface area contributed by atoms with Gasteiger partial charge in [-0.25, -0.2) is 0 Å². The van der Waals surface area contributed by atoms with E-state index in [1.165, 1.54) is 16.7 Å². The molecule has 0 atom stereocenters. The van der Waals surface area contributed by atoms with Gasteiger partial charge in [-0.3, -0.25) is 9.69 Å². The van der Waals surface area contributed by atoms with Crippen molar-refractivity contribution in [3.63, 3.8) is 0 Å². The van der Waals surface area contributed by atoms with Gasteiger partial charge in [-0.05, 0) is 48.5 Å². The van der Waals surface area contributed by atoms with Crippen LogP contribution in [0.3, 0.4) is 0 Å². The molecule has 1 amide bonds. The Balaban J connectivity index is 1.64. The molecule has 2 aromatic rings. The van der Waals surface area contributed by atoms with Crippen molar-refractivity contribution in [2.45, 2.75) is 0 Å². The first-order valence-corrected chi connectivity index (χ1v) is 9.99. The van der Waals surface area contributed by atoms with Crippen molar-refractivity contribution in [3.8, 4) is 17.2 Å². The summed E-state index contributed by atoms with van der Waals surface area (Å²) in [4.78, 5) is 14.2. The smallest absolute Gasteiger partial charge is 0.265 e. The van der Waals surface area contributed by atoms with Gasteiger partial charge in [0.05, 0.1) is 12.0 Å². The van der Waals surface area contributed by atoms with Crippen LogP contribution in [-0.4, -0.2) is 42.5 Å². The number of nitrogens with zero attached hydrogens (tertiary/aromatic N) is 1. The van der Waals surface area contributed by atoms with Crippen LogP contribution in [0.2, 0.25) is 5.02 Å². The number of rotatable bonds is 7. The van der Waals surface area contributed by atoms with Crippen LogP contribution >= 0.6 is 35.6 Å². The topological polar surface area (TPSA) is 48.0 Å². The van der Waals surface area contributed by atoms with Crippen molar-refractivity contribution in [3.05, 3.63) is 58.0 Å². The Kier molecular flexibility index (Phi) is 6.83. The largest absolute Gasteiger partial charge is 0.497 e. The normalized spacial score (nSPS) is 15.2. The minimum atomic E-state index is -0.135. The van der Waals surface area contributed by atoms with Gasteiger partial charge in [0.15, 0.2) is 0 Å². The van der Waals surface area contributed by atoms with Crippen LogP contribution in [-0.2, 0) is 4.79 Å². The highest BCUT2D eigenvalue weighted by Crippen LogP contribution is 2.34. The zero-order valence-electron chi connectivity index (χ0n) is 15.3. The van der Waals surface area contributed by atoms with Crippen LogP contribution in [0.5, 0.6) is 17.2 Å². The maximum atomic E-state index is 12.2. The summed E-state index contributed by atoms with van der Waals surface area (Å²) >= 11 is 12.5. The zero-order valence-corrected chi connectivity index (χ0v) is 17.7. The molecule has 0 aromatic heterocycles. The summed E-state index contributed by atoms with van der Waals surface area (Å²) in [6.45, 7) is 0.703. The fraction of sp³-hybridized carbons (Fsp3) is 0.200. The number of hydrogen-bond acceptors (Lipinski definition) is 6. The summed E-state index contributed by atoms with van der Waals surface area (Å²) in [6, 6.07) is 12.6. The van der Waals surface area contributed by atoms with Crippen molar-refractivity contribution in [2.75, 3.05) is 27.4 Å². The fourth-order valence-corrected chi connectivity index (χ4v) is 3.78. The van der Waals surface area contributed by atoms with E-state index >= 15 is 0 Å². The van der Waals surface area contributed by atoms with Gasteiger partial charge in [0.1, 0.15) is 34.8 Å². The first-order chi connectivity index (χ1) is 13.5. The highest BCUT2D eigenvalue weighted by molar-refractivity contribution is 8.26. The average Bonchev–Trinajstić information content (AvgIpc) is 2.94. The van der Waals surface area contributed by atoms with Crippen LogP contribution in [0.1, 0.15) is 5.56 Å². The Bertz CT molecular complexity index is 915. The van der Waals surface area contributed by atoms with E-state index in [-0.39, 0.29) is 5.91 Å². The third-order valence-corrected chi connectivity index (χ3v) is 5.63. The maximum absolute atomic E-state index is 12.2. The van der Waals surface area contributed by atoms with Gasteiger partial charge in [-0.15, -0.1) is 0 Å². The molecule has 0 saturated carbocycles. The highest BCUT2D eigenvalue weighted by atomic mass is 35.5. The van der Waals surface area contributed by atoms with E-state index in [0.717, 1.165) is 11.5 Å². The van der Waals surface area contributed by atoms with Crippen molar-refractivity contribution >= 4 is 51.9 Å². The third kappa shape index (κ3) is 4.98. The van der Waals surface area contributed by atoms with Crippen LogP contribution in [0.25, 0.3) is 6.08 Å². The second-order valence-electron chi connectivity index (χ2n) is 5.80. The molecule has 146 valence electrons. The molecule has 5 nitrogen and oxygen atoms in total. The van der Waals surface area contributed by atoms with Crippen molar-refractivity contribution < 1.29 is 19.0 Å². The molecule has 0 spiro atoms. The molecular weight excluding hydrogens is 418 g/mol. The van der Waals surface area contributed by atoms with E-state index in [1.54, 1.807) is 38.4 Å². The van der Waals surface area contributed by atoms with E-state index < -0.39 is 0 Å². The molecule has 2 aromatic carbocycles. The van der Waals surface area contributed by atoms with Crippen molar-refractivity contribution in [2.24, 2.45) is 0 Å². The second-order valence-corrected chi connectivity index (χ2v) is 7.91. The third-order valence-electron chi connectivity index (χ3n) is 3.91. The van der Waals surface area contributed by atoms with Crippen LogP contribution in [0.4, 0.5) is 0 Å². The van der Waals surface area contributed by atoms with Crippen molar-refractivity contribution in [1.82, 2.24) is 4.90 Å². The summed E-state index contributed by atoms with van der Waals surface area (Å²) in [7, 11) is 3.27. The number of methoxy groups -OCH3 is 1. The Labute approximate surface area is 178 Å². The fourth-order valence-electron chi connectivity index (χ4n) is 2.43. The molecule has 1 saturated heterocycles. The number of hydrogen-bond donors (Lipinski definition) is 0. The van der Waals surface area contributed by atoms with Gasteiger partial charge in [0.2, 0.25) is 0 Å². The molecule has 1 heterocycles. The number of carbonyl (C=O) groups excluding carboxylic acids is 1. The molecule has 8 heteroatoms. The molecule has 0 unspecified atom stereocenters. The van der Waals surface area contributed by atoms with Gasteiger partial charge in [0.25, 0.3) is 5.91 Å². The Morgan fingerprint density at radius 2 is 1.79 bits per heavy atom. The standard InChI is InChI=1S/C20H18ClNO4S2/c1-22-19(23)18(28-20(22)27)12-13-11-14(21)3-8-17(13)26-10-9-25-16-6-4-15(24-2)5-7-16/h3-8,11-12H,9-10H2,1-2H3. The number of likely N-dealkylation sites (N-methyl/N-ethyl adjacent to an activating group) is 1. The quantitative estimate of drug-likeness (QED) is 0.359. The lowest BCUT2D eigenvalue weighted by atomic mass is 10.2. The maximum Gasteiger partial charge on any atom is 0.265 e. The Morgan fingerprint density at radius 3 is 2.43 bits per heavy atom. The van der Waals surface area contributed by atoms with Crippen LogP contribution in [0.15, 0.2) is 47.4 Å². The van der Waals surface area contributed by atoms with Gasteiger partial charge in [-0.2, -0.15) is 0 Å². The molecule has 3 rings (SSSR count). The lowest BCUT2D eigenvalue weighted by Gasteiger charge is -2.11.